The maximum atomic E-state index is 12.2. The second kappa shape index (κ2) is 8.29. The number of amides is 1. The maximum Gasteiger partial charge on any atom is 0.348 e. The zero-order valence-corrected chi connectivity index (χ0v) is 16.2. The van der Waals surface area contributed by atoms with Gasteiger partial charge in [-0.05, 0) is 48.5 Å². The summed E-state index contributed by atoms with van der Waals surface area (Å²) in [7, 11) is 0. The van der Waals surface area contributed by atoms with Crippen LogP contribution in [0.15, 0.2) is 63.7 Å². The van der Waals surface area contributed by atoms with Crippen LogP contribution >= 0.6 is 22.9 Å². The van der Waals surface area contributed by atoms with E-state index in [1.54, 1.807) is 48.5 Å². The van der Waals surface area contributed by atoms with E-state index in [2.05, 4.69) is 15.5 Å². The molecule has 0 aliphatic rings. The molecule has 4 aromatic rings. The predicted molar refractivity (Wildman–Crippen MR) is 105 cm³/mol. The molecule has 0 unspecified atom stereocenters. The van der Waals surface area contributed by atoms with E-state index >= 15 is 0 Å². The number of halogens is 1. The van der Waals surface area contributed by atoms with Gasteiger partial charge in [-0.15, -0.1) is 11.3 Å². The number of carbonyl (C=O) groups excluding carboxylic acids is 2. The first kappa shape index (κ1) is 18.9. The van der Waals surface area contributed by atoms with Gasteiger partial charge in [0.25, 0.3) is 11.8 Å². The fraction of sp³-hybridized carbons (Fsp3) is 0.0526. The third kappa shape index (κ3) is 4.53. The van der Waals surface area contributed by atoms with Gasteiger partial charge in [-0.25, -0.2) is 4.79 Å². The number of nitrogens with one attached hydrogen (secondary N) is 1. The van der Waals surface area contributed by atoms with Gasteiger partial charge in [0, 0.05) is 10.6 Å². The van der Waals surface area contributed by atoms with E-state index in [-0.39, 0.29) is 18.3 Å². The van der Waals surface area contributed by atoms with Gasteiger partial charge in [0.15, 0.2) is 12.4 Å². The molecule has 146 valence electrons. The van der Waals surface area contributed by atoms with Crippen LogP contribution in [0, 0.1) is 0 Å². The normalized spacial score (nSPS) is 10.7. The Morgan fingerprint density at radius 2 is 1.97 bits per heavy atom. The second-order valence-corrected chi connectivity index (χ2v) is 7.21. The fourth-order valence-electron chi connectivity index (χ4n) is 2.32. The number of anilines is 1. The van der Waals surface area contributed by atoms with E-state index in [0.29, 0.717) is 20.7 Å². The molecular formula is C19H12ClN3O5S. The van der Waals surface area contributed by atoms with E-state index in [4.69, 9.17) is 25.3 Å². The Bertz CT molecular complexity index is 1140. The number of aromatic nitrogens is 2. The largest absolute Gasteiger partial charge is 0.459 e. The number of furan rings is 1. The standard InChI is InChI=1S/C19H12ClN3O5S/c20-12-5-3-11(4-6-12)17-21-15(28-23-17)10-27-19(25)14-7-8-16(29-14)22-18(24)13-2-1-9-26-13/h1-9H,10H2,(H,22,24). The summed E-state index contributed by atoms with van der Waals surface area (Å²) in [4.78, 5) is 28.7. The Labute approximate surface area is 173 Å². The maximum absolute atomic E-state index is 12.2. The lowest BCUT2D eigenvalue weighted by atomic mass is 10.2. The molecule has 10 heteroatoms. The average Bonchev–Trinajstić information content (AvgIpc) is 3.48. The molecule has 0 saturated carbocycles. The molecule has 3 aromatic heterocycles. The summed E-state index contributed by atoms with van der Waals surface area (Å²) in [5, 5.41) is 7.59. The van der Waals surface area contributed by atoms with Crippen molar-refractivity contribution in [2.75, 3.05) is 5.32 Å². The van der Waals surface area contributed by atoms with Crippen molar-refractivity contribution < 1.29 is 23.3 Å². The van der Waals surface area contributed by atoms with Crippen molar-refractivity contribution in [1.82, 2.24) is 10.1 Å². The number of nitrogens with zero attached hydrogens (tertiary/aromatic N) is 2. The minimum Gasteiger partial charge on any atom is -0.459 e. The molecule has 0 atom stereocenters. The van der Waals surface area contributed by atoms with Crippen molar-refractivity contribution in [3.63, 3.8) is 0 Å². The first-order chi connectivity index (χ1) is 14.1. The highest BCUT2D eigenvalue weighted by Gasteiger charge is 2.16. The van der Waals surface area contributed by atoms with Crippen LogP contribution in [-0.2, 0) is 11.3 Å². The van der Waals surface area contributed by atoms with Gasteiger partial charge < -0.3 is 19.0 Å². The molecule has 0 saturated heterocycles. The zero-order chi connectivity index (χ0) is 20.2. The number of thiophene rings is 1. The Morgan fingerprint density at radius 1 is 1.14 bits per heavy atom. The molecule has 0 bridgehead atoms. The van der Waals surface area contributed by atoms with Crippen molar-refractivity contribution in [1.29, 1.82) is 0 Å². The van der Waals surface area contributed by atoms with Gasteiger partial charge in [0.2, 0.25) is 5.82 Å². The Hall–Kier alpha value is -3.43. The Kier molecular flexibility index (Phi) is 5.41. The minimum absolute atomic E-state index is 0.159. The highest BCUT2D eigenvalue weighted by Crippen LogP contribution is 2.24. The first-order valence-electron chi connectivity index (χ1n) is 8.29. The topological polar surface area (TPSA) is 107 Å². The molecule has 1 N–H and O–H groups in total. The summed E-state index contributed by atoms with van der Waals surface area (Å²) in [6.07, 6.45) is 1.40. The zero-order valence-electron chi connectivity index (χ0n) is 14.6. The molecule has 1 amide bonds. The second-order valence-electron chi connectivity index (χ2n) is 5.69. The monoisotopic (exact) mass is 429 g/mol. The van der Waals surface area contributed by atoms with Crippen LogP contribution in [0.2, 0.25) is 5.02 Å². The van der Waals surface area contributed by atoms with Gasteiger partial charge in [-0.1, -0.05) is 16.8 Å². The summed E-state index contributed by atoms with van der Waals surface area (Å²) in [5.74, 6) is -0.273. The number of hydrogen-bond donors (Lipinski definition) is 1. The quantitative estimate of drug-likeness (QED) is 0.444. The van der Waals surface area contributed by atoms with E-state index in [9.17, 15) is 9.59 Å². The lowest BCUT2D eigenvalue weighted by molar-refractivity contribution is 0.0435. The molecule has 29 heavy (non-hydrogen) atoms. The minimum atomic E-state index is -0.570. The van der Waals surface area contributed by atoms with Crippen LogP contribution < -0.4 is 5.32 Å². The number of benzene rings is 1. The lowest BCUT2D eigenvalue weighted by Crippen LogP contribution is -2.09. The highest BCUT2D eigenvalue weighted by atomic mass is 35.5. The van der Waals surface area contributed by atoms with Crippen molar-refractivity contribution in [3.8, 4) is 11.4 Å². The van der Waals surface area contributed by atoms with E-state index in [1.807, 2.05) is 0 Å². The van der Waals surface area contributed by atoms with Gasteiger partial charge in [-0.3, -0.25) is 4.79 Å². The molecule has 0 aliphatic carbocycles. The summed E-state index contributed by atoms with van der Waals surface area (Å²) in [6.45, 7) is -0.175. The van der Waals surface area contributed by atoms with Gasteiger partial charge in [-0.2, -0.15) is 4.98 Å². The van der Waals surface area contributed by atoms with Crippen molar-refractivity contribution in [3.05, 3.63) is 76.3 Å². The molecule has 0 aliphatic heterocycles. The van der Waals surface area contributed by atoms with Crippen molar-refractivity contribution in [2.45, 2.75) is 6.61 Å². The molecule has 8 nitrogen and oxygen atoms in total. The number of hydrogen-bond acceptors (Lipinski definition) is 8. The number of esters is 1. The summed E-state index contributed by atoms with van der Waals surface area (Å²) in [5.41, 5.74) is 0.728. The molecular weight excluding hydrogens is 418 g/mol. The third-order valence-electron chi connectivity index (χ3n) is 3.69. The summed E-state index contributed by atoms with van der Waals surface area (Å²) in [6, 6.07) is 13.3. The first-order valence-corrected chi connectivity index (χ1v) is 9.48. The van der Waals surface area contributed by atoms with Crippen LogP contribution in [0.4, 0.5) is 5.00 Å². The van der Waals surface area contributed by atoms with Gasteiger partial charge in [0.05, 0.1) is 11.3 Å². The van der Waals surface area contributed by atoms with E-state index in [0.717, 1.165) is 16.9 Å². The molecule has 4 rings (SSSR count). The van der Waals surface area contributed by atoms with Crippen LogP contribution in [0.25, 0.3) is 11.4 Å². The third-order valence-corrected chi connectivity index (χ3v) is 4.92. The molecule has 0 radical (unpaired) electrons. The van der Waals surface area contributed by atoms with Crippen molar-refractivity contribution >= 4 is 39.8 Å². The molecule has 0 fully saturated rings. The van der Waals surface area contributed by atoms with E-state index in [1.165, 1.54) is 6.26 Å². The lowest BCUT2D eigenvalue weighted by Gasteiger charge is -1.99. The van der Waals surface area contributed by atoms with Gasteiger partial charge >= 0.3 is 5.97 Å². The summed E-state index contributed by atoms with van der Waals surface area (Å²) >= 11 is 6.93. The summed E-state index contributed by atoms with van der Waals surface area (Å²) < 4.78 is 15.3. The number of rotatable bonds is 6. The van der Waals surface area contributed by atoms with Gasteiger partial charge in [0.1, 0.15) is 4.88 Å². The van der Waals surface area contributed by atoms with Crippen molar-refractivity contribution in [2.24, 2.45) is 0 Å². The molecule has 0 spiro atoms. The van der Waals surface area contributed by atoms with Crippen LogP contribution in [0.3, 0.4) is 0 Å². The van der Waals surface area contributed by atoms with E-state index < -0.39 is 11.9 Å². The van der Waals surface area contributed by atoms with Crippen LogP contribution in [0.1, 0.15) is 26.1 Å². The number of ether oxygens (including phenoxy) is 1. The highest BCUT2D eigenvalue weighted by molar-refractivity contribution is 7.18. The number of carbonyl (C=O) groups is 2. The Morgan fingerprint density at radius 3 is 2.72 bits per heavy atom. The Balaban J connectivity index is 1.34. The SMILES string of the molecule is O=C(Nc1ccc(C(=O)OCc2nc(-c3ccc(Cl)cc3)no2)s1)c1ccco1. The average molecular weight is 430 g/mol. The molecule has 3 heterocycles. The smallest absolute Gasteiger partial charge is 0.348 e. The van der Waals surface area contributed by atoms with Crippen LogP contribution in [-0.4, -0.2) is 22.0 Å². The van der Waals surface area contributed by atoms with Crippen LogP contribution in [0.5, 0.6) is 0 Å². The molecule has 1 aromatic carbocycles. The predicted octanol–water partition coefficient (Wildman–Crippen LogP) is 4.65. The fourth-order valence-corrected chi connectivity index (χ4v) is 3.25.